The second-order valence-corrected chi connectivity index (χ2v) is 12.0. The van der Waals surface area contributed by atoms with Crippen LogP contribution < -0.4 is 11.1 Å². The van der Waals surface area contributed by atoms with E-state index in [1.54, 1.807) is 16.2 Å². The lowest BCUT2D eigenvalue weighted by molar-refractivity contribution is -0.141. The number of carbonyl (C=O) groups excluding carboxylic acids is 2. The molecule has 34 heavy (non-hydrogen) atoms. The predicted octanol–water partition coefficient (Wildman–Crippen LogP) is 3.89. The maximum Gasteiger partial charge on any atom is 0.243 e. The van der Waals surface area contributed by atoms with Gasteiger partial charge in [0.1, 0.15) is 6.04 Å². The summed E-state index contributed by atoms with van der Waals surface area (Å²) in [5, 5.41) is 3.01. The molecule has 3 N–H and O–H groups in total. The van der Waals surface area contributed by atoms with E-state index in [4.69, 9.17) is 10.5 Å². The first-order chi connectivity index (χ1) is 15.8. The molecule has 0 saturated carbocycles. The molecule has 0 unspecified atom stereocenters. The lowest BCUT2D eigenvalue weighted by atomic mass is 9.86. The Morgan fingerprint density at radius 3 is 2.38 bits per heavy atom. The van der Waals surface area contributed by atoms with E-state index in [1.807, 2.05) is 78.2 Å². The Kier molecular flexibility index (Phi) is 7.85. The number of hydrogen-bond donors (Lipinski definition) is 2. The summed E-state index contributed by atoms with van der Waals surface area (Å²) in [6.45, 7) is 14.5. The van der Waals surface area contributed by atoms with E-state index < -0.39 is 17.5 Å². The molecule has 1 aromatic heterocycles. The predicted molar refractivity (Wildman–Crippen MR) is 136 cm³/mol. The summed E-state index contributed by atoms with van der Waals surface area (Å²) < 4.78 is 6.13. The molecule has 1 saturated heterocycles. The molecule has 2 aromatic rings. The summed E-state index contributed by atoms with van der Waals surface area (Å²) >= 11 is 1.61. The minimum atomic E-state index is -0.695. The van der Waals surface area contributed by atoms with Gasteiger partial charge >= 0.3 is 0 Å². The van der Waals surface area contributed by atoms with Gasteiger partial charge in [-0.15, -0.1) is 11.3 Å². The number of thiazole rings is 1. The molecule has 2 amide bonds. The van der Waals surface area contributed by atoms with Crippen LogP contribution in [-0.4, -0.2) is 52.0 Å². The number of nitrogens with two attached hydrogens (primary N) is 1. The Morgan fingerprint density at radius 2 is 1.85 bits per heavy atom. The Morgan fingerprint density at radius 1 is 1.21 bits per heavy atom. The Bertz CT molecular complexity index is 1000. The molecule has 1 aliphatic rings. The van der Waals surface area contributed by atoms with E-state index in [0.717, 1.165) is 21.7 Å². The van der Waals surface area contributed by atoms with E-state index in [2.05, 4.69) is 10.3 Å². The first kappa shape index (κ1) is 26.3. The third-order valence-corrected chi connectivity index (χ3v) is 6.97. The molecule has 0 spiro atoms. The molecule has 0 bridgehead atoms. The van der Waals surface area contributed by atoms with Crippen molar-refractivity contribution in [3.63, 3.8) is 0 Å². The van der Waals surface area contributed by atoms with Gasteiger partial charge in [-0.25, -0.2) is 4.98 Å². The highest BCUT2D eigenvalue weighted by Crippen LogP contribution is 2.29. The zero-order chi connectivity index (χ0) is 25.3. The van der Waals surface area contributed by atoms with E-state index in [1.165, 1.54) is 0 Å². The Hall–Kier alpha value is -2.29. The van der Waals surface area contributed by atoms with Crippen molar-refractivity contribution >= 4 is 23.2 Å². The number of aryl methyl sites for hydroxylation is 1. The van der Waals surface area contributed by atoms with Crippen molar-refractivity contribution in [3.05, 3.63) is 41.0 Å². The lowest BCUT2D eigenvalue weighted by Gasteiger charge is -2.32. The number of carbonyl (C=O) groups is 2. The molecule has 0 aliphatic carbocycles. The average Bonchev–Trinajstić information content (AvgIpc) is 3.35. The molecule has 7 nitrogen and oxygen atoms in total. The number of likely N-dealkylation sites (tertiary alicyclic amines) is 1. The van der Waals surface area contributed by atoms with Crippen LogP contribution >= 0.6 is 11.3 Å². The van der Waals surface area contributed by atoms with Gasteiger partial charge in [-0.3, -0.25) is 9.59 Å². The smallest absolute Gasteiger partial charge is 0.243 e. The maximum atomic E-state index is 13.2. The zero-order valence-electron chi connectivity index (χ0n) is 21.3. The van der Waals surface area contributed by atoms with Gasteiger partial charge in [0.15, 0.2) is 0 Å². The van der Waals surface area contributed by atoms with Crippen molar-refractivity contribution in [3.8, 4) is 10.4 Å². The lowest BCUT2D eigenvalue weighted by Crippen LogP contribution is -2.54. The minimum Gasteiger partial charge on any atom is -0.371 e. The monoisotopic (exact) mass is 486 g/mol. The molecule has 0 radical (unpaired) electrons. The fraction of sp³-hybridized carbons (Fsp3) is 0.577. The third-order valence-electron chi connectivity index (χ3n) is 6.00. The van der Waals surface area contributed by atoms with Gasteiger partial charge in [0.2, 0.25) is 11.8 Å². The van der Waals surface area contributed by atoms with Gasteiger partial charge in [0.05, 0.1) is 33.8 Å². The Balaban J connectivity index is 1.69. The van der Waals surface area contributed by atoms with Crippen LogP contribution in [0.5, 0.6) is 0 Å². The number of nitrogens with one attached hydrogen (secondary N) is 1. The summed E-state index contributed by atoms with van der Waals surface area (Å²) in [6, 6.07) is 6.80. The number of nitrogens with zero attached hydrogens (tertiary/aromatic N) is 2. The SMILES string of the molecule is Cc1ncsc1-c1ccc(CNC(=O)[C@@H]2C[C@H](OC(C)(C)C)CN2C(=O)[C@@H](N)C(C)(C)C)cc1. The highest BCUT2D eigenvalue weighted by atomic mass is 32.1. The number of amides is 2. The van der Waals surface area contributed by atoms with Crippen molar-refractivity contribution in [2.75, 3.05) is 6.54 Å². The minimum absolute atomic E-state index is 0.183. The van der Waals surface area contributed by atoms with Crippen molar-refractivity contribution in [1.82, 2.24) is 15.2 Å². The number of rotatable bonds is 6. The van der Waals surface area contributed by atoms with Gasteiger partial charge in [-0.1, -0.05) is 45.0 Å². The van der Waals surface area contributed by atoms with Crippen LogP contribution in [0.4, 0.5) is 0 Å². The fourth-order valence-corrected chi connectivity index (χ4v) is 4.90. The summed E-state index contributed by atoms with van der Waals surface area (Å²) in [5.74, 6) is -0.395. The van der Waals surface area contributed by atoms with Crippen LogP contribution in [0.15, 0.2) is 29.8 Å². The third kappa shape index (κ3) is 6.43. The number of aromatic nitrogens is 1. The van der Waals surface area contributed by atoms with E-state index in [-0.39, 0.29) is 23.5 Å². The fourth-order valence-electron chi connectivity index (χ4n) is 4.08. The van der Waals surface area contributed by atoms with E-state index >= 15 is 0 Å². The second-order valence-electron chi connectivity index (χ2n) is 11.1. The number of hydrogen-bond acceptors (Lipinski definition) is 6. The topological polar surface area (TPSA) is 97.5 Å². The largest absolute Gasteiger partial charge is 0.371 e. The van der Waals surface area contributed by atoms with Crippen molar-refractivity contribution in [2.24, 2.45) is 11.1 Å². The van der Waals surface area contributed by atoms with E-state index in [0.29, 0.717) is 19.5 Å². The van der Waals surface area contributed by atoms with E-state index in [9.17, 15) is 9.59 Å². The number of benzene rings is 1. The van der Waals surface area contributed by atoms with Crippen molar-refractivity contribution in [1.29, 1.82) is 0 Å². The van der Waals surface area contributed by atoms with Gasteiger partial charge in [0, 0.05) is 19.5 Å². The van der Waals surface area contributed by atoms with Gasteiger partial charge < -0.3 is 20.7 Å². The molecule has 186 valence electrons. The molecule has 3 atom stereocenters. The molecular weight excluding hydrogens is 448 g/mol. The zero-order valence-corrected chi connectivity index (χ0v) is 22.2. The summed E-state index contributed by atoms with van der Waals surface area (Å²) in [7, 11) is 0. The van der Waals surface area contributed by atoms with Crippen LogP contribution in [0.25, 0.3) is 10.4 Å². The summed E-state index contributed by atoms with van der Waals surface area (Å²) in [6.07, 6.45) is 0.240. The first-order valence-electron chi connectivity index (χ1n) is 11.8. The maximum absolute atomic E-state index is 13.2. The normalized spacial score (nSPS) is 19.8. The molecule has 1 aliphatic heterocycles. The number of ether oxygens (including phenoxy) is 1. The summed E-state index contributed by atoms with van der Waals surface area (Å²) in [5.41, 5.74) is 10.5. The molecular formula is C26H38N4O3S. The van der Waals surface area contributed by atoms with Crippen LogP contribution in [0.1, 0.15) is 59.2 Å². The van der Waals surface area contributed by atoms with Gasteiger partial charge in [-0.05, 0) is 44.2 Å². The van der Waals surface area contributed by atoms with Gasteiger partial charge in [-0.2, -0.15) is 0 Å². The van der Waals surface area contributed by atoms with Crippen molar-refractivity contribution in [2.45, 2.75) is 85.2 Å². The Labute approximate surface area is 207 Å². The molecule has 1 aromatic carbocycles. The highest BCUT2D eigenvalue weighted by molar-refractivity contribution is 7.13. The highest BCUT2D eigenvalue weighted by Gasteiger charge is 2.44. The quantitative estimate of drug-likeness (QED) is 0.646. The molecule has 3 rings (SSSR count). The molecule has 8 heteroatoms. The van der Waals surface area contributed by atoms with Crippen molar-refractivity contribution < 1.29 is 14.3 Å². The average molecular weight is 487 g/mol. The molecule has 1 fully saturated rings. The van der Waals surface area contributed by atoms with Crippen LogP contribution in [0, 0.1) is 12.3 Å². The summed E-state index contributed by atoms with van der Waals surface area (Å²) in [4.78, 5) is 33.5. The van der Waals surface area contributed by atoms with Crippen LogP contribution in [0.2, 0.25) is 0 Å². The van der Waals surface area contributed by atoms with Gasteiger partial charge in [0.25, 0.3) is 0 Å². The molecule has 2 heterocycles. The standard InChI is InChI=1S/C26H38N4O3S/c1-16-21(34-15-29-16)18-10-8-17(9-11-18)13-28-23(31)20-12-19(33-26(5,6)7)14-30(20)24(32)22(27)25(2,3)4/h8-11,15,19-20,22H,12-14,27H2,1-7H3,(H,28,31)/t19-,20-,22+/m0/s1. The second kappa shape index (κ2) is 10.1. The van der Waals surface area contributed by atoms with Crippen LogP contribution in [0.3, 0.4) is 0 Å². The first-order valence-corrected chi connectivity index (χ1v) is 12.6. The van der Waals surface area contributed by atoms with Crippen LogP contribution in [-0.2, 0) is 20.9 Å².